The van der Waals surface area contributed by atoms with Gasteiger partial charge in [-0.3, -0.25) is 4.79 Å². The van der Waals surface area contributed by atoms with Gasteiger partial charge in [0.15, 0.2) is 0 Å². The lowest BCUT2D eigenvalue weighted by molar-refractivity contribution is -0.140. The Hall–Kier alpha value is -2.33. The van der Waals surface area contributed by atoms with Crippen molar-refractivity contribution in [1.29, 1.82) is 0 Å². The number of carbonyl (C=O) groups excluding carboxylic acids is 1. The summed E-state index contributed by atoms with van der Waals surface area (Å²) in [5.41, 5.74) is 3.21. The van der Waals surface area contributed by atoms with Crippen molar-refractivity contribution in [2.45, 2.75) is 38.7 Å². The van der Waals surface area contributed by atoms with E-state index in [1.54, 1.807) is 0 Å². The van der Waals surface area contributed by atoms with Crippen LogP contribution in [0.4, 0.5) is 0 Å². The van der Waals surface area contributed by atoms with Gasteiger partial charge in [0.25, 0.3) is 0 Å². The molecule has 0 spiro atoms. The zero-order chi connectivity index (χ0) is 18.1. The van der Waals surface area contributed by atoms with Crippen LogP contribution in [0.5, 0.6) is 5.75 Å². The van der Waals surface area contributed by atoms with E-state index in [2.05, 4.69) is 10.8 Å². The van der Waals surface area contributed by atoms with Crippen molar-refractivity contribution in [3.05, 3.63) is 54.1 Å². The van der Waals surface area contributed by atoms with Crippen LogP contribution in [0.3, 0.4) is 0 Å². The Morgan fingerprint density at radius 3 is 2.60 bits per heavy atom. The largest absolute Gasteiger partial charge is 0.490 e. The Morgan fingerprint density at radius 1 is 1.16 bits per heavy atom. The highest BCUT2D eigenvalue weighted by Gasteiger charge is 2.10. The number of carbonyl (C=O) groups is 1. The number of hydrogen-bond acceptors (Lipinski definition) is 4. The fraction of sp³-hybridized carbons (Fsp3) is 0.381. The maximum atomic E-state index is 11.3. The molecule has 0 radical (unpaired) electrons. The molecule has 25 heavy (non-hydrogen) atoms. The number of esters is 1. The van der Waals surface area contributed by atoms with E-state index in [9.17, 15) is 9.90 Å². The third-order valence-electron chi connectivity index (χ3n) is 4.11. The summed E-state index contributed by atoms with van der Waals surface area (Å²) in [4.78, 5) is 11.3. The molecule has 1 atom stereocenters. The SMILES string of the molecule is CCC(O)COc1ccc(CCCC(=O)OC)cc1-c1ccccc1. The van der Waals surface area contributed by atoms with Gasteiger partial charge in [0.2, 0.25) is 0 Å². The number of benzene rings is 2. The molecule has 0 aromatic heterocycles. The highest BCUT2D eigenvalue weighted by molar-refractivity contribution is 5.71. The second-order valence-electron chi connectivity index (χ2n) is 6.00. The second-order valence-corrected chi connectivity index (χ2v) is 6.00. The first-order chi connectivity index (χ1) is 12.1. The standard InChI is InChI=1S/C21H26O4/c1-3-18(22)15-25-20-13-12-16(8-7-11-21(23)24-2)14-19(20)17-9-5-4-6-10-17/h4-6,9-10,12-14,18,22H,3,7-8,11,15H2,1-2H3. The normalized spacial score (nSPS) is 11.8. The van der Waals surface area contributed by atoms with Gasteiger partial charge in [0.1, 0.15) is 12.4 Å². The molecule has 4 nitrogen and oxygen atoms in total. The van der Waals surface area contributed by atoms with Crippen LogP contribution in [0.2, 0.25) is 0 Å². The molecule has 2 rings (SSSR count). The van der Waals surface area contributed by atoms with Gasteiger partial charge in [-0.2, -0.15) is 0 Å². The van der Waals surface area contributed by atoms with Gasteiger partial charge < -0.3 is 14.6 Å². The van der Waals surface area contributed by atoms with Gasteiger partial charge in [-0.1, -0.05) is 43.3 Å². The molecular formula is C21H26O4. The fourth-order valence-electron chi connectivity index (χ4n) is 2.54. The minimum absolute atomic E-state index is 0.184. The molecular weight excluding hydrogens is 316 g/mol. The Bertz CT molecular complexity index is 667. The van der Waals surface area contributed by atoms with E-state index in [1.807, 2.05) is 49.4 Å². The molecule has 0 bridgehead atoms. The summed E-state index contributed by atoms with van der Waals surface area (Å²) in [6.07, 6.45) is 2.15. The predicted octanol–water partition coefficient (Wildman–Crippen LogP) is 4.00. The molecule has 0 fully saturated rings. The molecule has 0 aliphatic carbocycles. The molecule has 2 aromatic carbocycles. The summed E-state index contributed by atoms with van der Waals surface area (Å²) in [5.74, 6) is 0.576. The molecule has 0 aliphatic rings. The minimum Gasteiger partial charge on any atom is -0.490 e. The summed E-state index contributed by atoms with van der Waals surface area (Å²) >= 11 is 0. The van der Waals surface area contributed by atoms with Crippen LogP contribution in [0.1, 0.15) is 31.7 Å². The molecule has 2 aromatic rings. The van der Waals surface area contributed by atoms with E-state index in [1.165, 1.54) is 7.11 Å². The van der Waals surface area contributed by atoms with Crippen molar-refractivity contribution >= 4 is 5.97 Å². The Balaban J connectivity index is 2.17. The first kappa shape index (κ1) is 19.0. The molecule has 0 saturated heterocycles. The van der Waals surface area contributed by atoms with E-state index in [0.717, 1.165) is 35.3 Å². The Labute approximate surface area is 149 Å². The van der Waals surface area contributed by atoms with Gasteiger partial charge >= 0.3 is 5.97 Å². The van der Waals surface area contributed by atoms with Crippen LogP contribution in [0, 0.1) is 0 Å². The number of hydrogen-bond donors (Lipinski definition) is 1. The van der Waals surface area contributed by atoms with E-state index in [-0.39, 0.29) is 12.6 Å². The van der Waals surface area contributed by atoms with Crippen LogP contribution in [-0.4, -0.2) is 30.9 Å². The first-order valence-corrected chi connectivity index (χ1v) is 8.70. The van der Waals surface area contributed by atoms with E-state index >= 15 is 0 Å². The van der Waals surface area contributed by atoms with E-state index in [0.29, 0.717) is 12.8 Å². The predicted molar refractivity (Wildman–Crippen MR) is 98.6 cm³/mol. The fourth-order valence-corrected chi connectivity index (χ4v) is 2.54. The monoisotopic (exact) mass is 342 g/mol. The number of methoxy groups -OCH3 is 1. The molecule has 134 valence electrons. The average Bonchev–Trinajstić information content (AvgIpc) is 2.67. The molecule has 0 aliphatic heterocycles. The molecule has 0 saturated carbocycles. The van der Waals surface area contributed by atoms with Crippen LogP contribution in [0.15, 0.2) is 48.5 Å². The maximum absolute atomic E-state index is 11.3. The number of rotatable bonds is 9. The van der Waals surface area contributed by atoms with Crippen LogP contribution >= 0.6 is 0 Å². The molecule has 0 amide bonds. The quantitative estimate of drug-likeness (QED) is 0.700. The lowest BCUT2D eigenvalue weighted by atomic mass is 9.99. The molecule has 1 unspecified atom stereocenters. The Kier molecular flexibility index (Phi) is 7.48. The molecule has 4 heteroatoms. The van der Waals surface area contributed by atoms with Crippen molar-refractivity contribution in [1.82, 2.24) is 0 Å². The van der Waals surface area contributed by atoms with Gasteiger partial charge in [-0.25, -0.2) is 0 Å². The van der Waals surface area contributed by atoms with Crippen molar-refractivity contribution in [3.8, 4) is 16.9 Å². The highest BCUT2D eigenvalue weighted by Crippen LogP contribution is 2.31. The van der Waals surface area contributed by atoms with Crippen LogP contribution in [0.25, 0.3) is 11.1 Å². The van der Waals surface area contributed by atoms with Crippen LogP contribution < -0.4 is 4.74 Å². The molecule has 1 N–H and O–H groups in total. The van der Waals surface area contributed by atoms with Gasteiger partial charge in [-0.15, -0.1) is 0 Å². The number of aliphatic hydroxyl groups is 1. The van der Waals surface area contributed by atoms with Gasteiger partial charge in [0.05, 0.1) is 13.2 Å². The van der Waals surface area contributed by atoms with E-state index < -0.39 is 6.10 Å². The van der Waals surface area contributed by atoms with E-state index in [4.69, 9.17) is 4.74 Å². The lowest BCUT2D eigenvalue weighted by Gasteiger charge is -2.15. The van der Waals surface area contributed by atoms with Gasteiger partial charge in [-0.05, 0) is 42.5 Å². The van der Waals surface area contributed by atoms with Crippen LogP contribution in [-0.2, 0) is 16.0 Å². The second kappa shape index (κ2) is 9.84. The third-order valence-corrected chi connectivity index (χ3v) is 4.11. The van der Waals surface area contributed by atoms with Crippen molar-refractivity contribution in [3.63, 3.8) is 0 Å². The topological polar surface area (TPSA) is 55.8 Å². The third kappa shape index (κ3) is 5.91. The summed E-state index contributed by atoms with van der Waals surface area (Å²) in [6.45, 7) is 2.20. The van der Waals surface area contributed by atoms with Gasteiger partial charge in [0, 0.05) is 12.0 Å². The number of aliphatic hydroxyl groups excluding tert-OH is 1. The van der Waals surface area contributed by atoms with Crippen molar-refractivity contribution in [2.24, 2.45) is 0 Å². The minimum atomic E-state index is -0.469. The number of aryl methyl sites for hydroxylation is 1. The average molecular weight is 342 g/mol. The van der Waals surface area contributed by atoms with Crippen molar-refractivity contribution < 1.29 is 19.4 Å². The summed E-state index contributed by atoms with van der Waals surface area (Å²) < 4.78 is 10.5. The summed E-state index contributed by atoms with van der Waals surface area (Å²) in [6, 6.07) is 16.1. The zero-order valence-corrected chi connectivity index (χ0v) is 14.9. The zero-order valence-electron chi connectivity index (χ0n) is 14.9. The summed E-state index contributed by atoms with van der Waals surface area (Å²) in [5, 5.41) is 9.76. The molecule has 0 heterocycles. The Morgan fingerprint density at radius 2 is 1.92 bits per heavy atom. The number of ether oxygens (including phenoxy) is 2. The lowest BCUT2D eigenvalue weighted by Crippen LogP contribution is -2.16. The highest BCUT2D eigenvalue weighted by atomic mass is 16.5. The smallest absolute Gasteiger partial charge is 0.305 e. The first-order valence-electron chi connectivity index (χ1n) is 8.70. The summed E-state index contributed by atoms with van der Waals surface area (Å²) in [7, 11) is 1.41. The van der Waals surface area contributed by atoms with Crippen molar-refractivity contribution in [2.75, 3.05) is 13.7 Å². The maximum Gasteiger partial charge on any atom is 0.305 e.